The first kappa shape index (κ1) is 16.4. The van der Waals surface area contributed by atoms with E-state index in [-0.39, 0.29) is 10.8 Å². The molecule has 0 bridgehead atoms. The van der Waals surface area contributed by atoms with Crippen molar-refractivity contribution in [2.45, 2.75) is 52.1 Å². The van der Waals surface area contributed by atoms with Gasteiger partial charge in [-0.1, -0.05) is 36.9 Å². The summed E-state index contributed by atoms with van der Waals surface area (Å²) in [5.41, 5.74) is -1.43. The number of rotatable bonds is 1. The van der Waals surface area contributed by atoms with Crippen LogP contribution in [0.15, 0.2) is 18.2 Å². The molecule has 1 spiro atoms. The molecule has 0 amide bonds. The summed E-state index contributed by atoms with van der Waals surface area (Å²) >= 11 is 6.12. The Labute approximate surface area is 140 Å². The minimum Gasteiger partial charge on any atom is -0.456 e. The van der Waals surface area contributed by atoms with E-state index in [0.29, 0.717) is 18.4 Å². The van der Waals surface area contributed by atoms with E-state index < -0.39 is 28.7 Å². The van der Waals surface area contributed by atoms with Gasteiger partial charge < -0.3 is 4.74 Å². The number of carbonyl (C=O) groups excluding carboxylic acids is 2. The predicted molar refractivity (Wildman–Crippen MR) is 84.5 cm³/mol. The van der Waals surface area contributed by atoms with Crippen molar-refractivity contribution >= 4 is 23.4 Å². The number of Topliss-reactive ketones (excluding diaryl/α,β-unsaturated/α-hetero) is 1. The Kier molecular flexibility index (Phi) is 3.99. The lowest BCUT2D eigenvalue weighted by Gasteiger charge is -2.47. The van der Waals surface area contributed by atoms with Crippen molar-refractivity contribution in [2.24, 2.45) is 10.8 Å². The van der Waals surface area contributed by atoms with Gasteiger partial charge in [0.05, 0.1) is 10.4 Å². The summed E-state index contributed by atoms with van der Waals surface area (Å²) in [5, 5.41) is 0.170. The molecule has 124 valence electrons. The van der Waals surface area contributed by atoms with E-state index in [9.17, 15) is 14.0 Å². The van der Waals surface area contributed by atoms with Crippen LogP contribution in [0.5, 0.6) is 0 Å². The molecule has 1 heterocycles. The standard InChI is InChI=1S/C18H20ClFO3/c1-17(2)14(12-7-6-11(20)10-13(12)19)23-16(22)18(15(17)21)8-4-3-5-9-18/h6-7,10,14H,3-5,8-9H2,1-2H3/t14-/m0/s1. The minimum absolute atomic E-state index is 0.0775. The molecule has 23 heavy (non-hydrogen) atoms. The fraction of sp³-hybridized carbons (Fsp3) is 0.556. The van der Waals surface area contributed by atoms with Gasteiger partial charge in [0.15, 0.2) is 5.78 Å². The normalized spacial score (nSPS) is 26.2. The molecule has 0 aromatic heterocycles. The molecule has 3 rings (SSSR count). The van der Waals surface area contributed by atoms with E-state index in [0.717, 1.165) is 19.3 Å². The molecule has 1 aromatic carbocycles. The molecular weight excluding hydrogens is 319 g/mol. The minimum atomic E-state index is -1.01. The van der Waals surface area contributed by atoms with Crippen LogP contribution in [0.2, 0.25) is 5.02 Å². The molecule has 0 unspecified atom stereocenters. The van der Waals surface area contributed by atoms with E-state index in [1.807, 2.05) is 0 Å². The van der Waals surface area contributed by atoms with Crippen LogP contribution in [0.3, 0.4) is 0 Å². The average molecular weight is 339 g/mol. The number of hydrogen-bond donors (Lipinski definition) is 0. The van der Waals surface area contributed by atoms with Gasteiger partial charge in [-0.25, -0.2) is 4.39 Å². The van der Waals surface area contributed by atoms with Gasteiger partial charge in [-0.05, 0) is 38.8 Å². The topological polar surface area (TPSA) is 43.4 Å². The second kappa shape index (κ2) is 5.59. The summed E-state index contributed by atoms with van der Waals surface area (Å²) in [7, 11) is 0. The Balaban J connectivity index is 2.02. The number of carbonyl (C=O) groups is 2. The van der Waals surface area contributed by atoms with Crippen molar-refractivity contribution in [1.29, 1.82) is 0 Å². The average Bonchev–Trinajstić information content (AvgIpc) is 2.51. The third-order valence-electron chi connectivity index (χ3n) is 5.24. The SMILES string of the molecule is CC1(C)C(=O)C2(CCCCC2)C(=O)O[C@H]1c1ccc(F)cc1Cl. The van der Waals surface area contributed by atoms with Gasteiger partial charge in [-0.2, -0.15) is 0 Å². The Morgan fingerprint density at radius 3 is 2.43 bits per heavy atom. The van der Waals surface area contributed by atoms with Crippen molar-refractivity contribution in [3.8, 4) is 0 Å². The Hall–Kier alpha value is -1.42. The monoisotopic (exact) mass is 338 g/mol. The van der Waals surface area contributed by atoms with Crippen LogP contribution in [0.4, 0.5) is 4.39 Å². The predicted octanol–water partition coefficient (Wildman–Crippen LogP) is 4.62. The van der Waals surface area contributed by atoms with Crippen molar-refractivity contribution in [2.75, 3.05) is 0 Å². The first-order valence-corrected chi connectivity index (χ1v) is 8.38. The maximum atomic E-state index is 13.3. The summed E-state index contributed by atoms with van der Waals surface area (Å²) < 4.78 is 19.0. The zero-order valence-corrected chi connectivity index (χ0v) is 14.1. The molecule has 0 radical (unpaired) electrons. The largest absolute Gasteiger partial charge is 0.456 e. The number of ketones is 1. The molecule has 1 saturated carbocycles. The number of halogens is 2. The van der Waals surface area contributed by atoms with Crippen LogP contribution in [0, 0.1) is 16.6 Å². The van der Waals surface area contributed by atoms with Gasteiger partial charge in [0.2, 0.25) is 0 Å². The lowest BCUT2D eigenvalue weighted by atomic mass is 9.60. The molecule has 3 nitrogen and oxygen atoms in total. The van der Waals surface area contributed by atoms with Crippen LogP contribution < -0.4 is 0 Å². The fourth-order valence-electron chi connectivity index (χ4n) is 3.95. The van der Waals surface area contributed by atoms with Gasteiger partial charge in [0.1, 0.15) is 17.3 Å². The smallest absolute Gasteiger partial charge is 0.320 e. The maximum absolute atomic E-state index is 13.3. The third kappa shape index (κ3) is 2.47. The number of hydrogen-bond acceptors (Lipinski definition) is 3. The summed E-state index contributed by atoms with van der Waals surface area (Å²) in [6, 6.07) is 3.93. The van der Waals surface area contributed by atoms with Crippen molar-refractivity contribution in [1.82, 2.24) is 0 Å². The molecule has 1 aromatic rings. The van der Waals surface area contributed by atoms with Crippen LogP contribution in [-0.2, 0) is 14.3 Å². The van der Waals surface area contributed by atoms with E-state index >= 15 is 0 Å². The van der Waals surface area contributed by atoms with E-state index in [4.69, 9.17) is 16.3 Å². The van der Waals surface area contributed by atoms with Gasteiger partial charge in [0, 0.05) is 5.56 Å². The highest BCUT2D eigenvalue weighted by Gasteiger charge is 2.60. The molecular formula is C18H20ClFO3. The molecule has 5 heteroatoms. The van der Waals surface area contributed by atoms with Gasteiger partial charge in [0.25, 0.3) is 0 Å². The summed E-state index contributed by atoms with van der Waals surface area (Å²) in [4.78, 5) is 25.8. The van der Waals surface area contributed by atoms with E-state index in [2.05, 4.69) is 0 Å². The fourth-order valence-corrected chi connectivity index (χ4v) is 4.21. The molecule has 1 saturated heterocycles. The Morgan fingerprint density at radius 1 is 1.17 bits per heavy atom. The van der Waals surface area contributed by atoms with Crippen LogP contribution >= 0.6 is 11.6 Å². The maximum Gasteiger partial charge on any atom is 0.320 e. The molecule has 2 fully saturated rings. The van der Waals surface area contributed by atoms with E-state index in [1.165, 1.54) is 18.2 Å². The molecule has 1 aliphatic heterocycles. The van der Waals surface area contributed by atoms with E-state index in [1.54, 1.807) is 13.8 Å². The van der Waals surface area contributed by atoms with Gasteiger partial charge in [-0.3, -0.25) is 9.59 Å². The molecule has 1 atom stereocenters. The number of benzene rings is 1. The van der Waals surface area contributed by atoms with Crippen LogP contribution in [0.1, 0.15) is 57.6 Å². The Morgan fingerprint density at radius 2 is 1.83 bits per heavy atom. The van der Waals surface area contributed by atoms with Crippen molar-refractivity contribution in [3.63, 3.8) is 0 Å². The van der Waals surface area contributed by atoms with Crippen LogP contribution in [-0.4, -0.2) is 11.8 Å². The summed E-state index contributed by atoms with van der Waals surface area (Å²) in [5.74, 6) is -0.993. The van der Waals surface area contributed by atoms with Gasteiger partial charge >= 0.3 is 5.97 Å². The first-order valence-electron chi connectivity index (χ1n) is 8.00. The molecule has 0 N–H and O–H groups in total. The summed E-state index contributed by atoms with van der Waals surface area (Å²) in [6.07, 6.45) is 3.08. The van der Waals surface area contributed by atoms with Crippen molar-refractivity contribution < 1.29 is 18.7 Å². The molecule has 1 aliphatic carbocycles. The number of ether oxygens (including phenoxy) is 1. The second-order valence-corrected chi connectivity index (χ2v) is 7.55. The zero-order chi connectivity index (χ0) is 16.8. The third-order valence-corrected chi connectivity index (χ3v) is 5.57. The summed E-state index contributed by atoms with van der Waals surface area (Å²) in [6.45, 7) is 3.56. The van der Waals surface area contributed by atoms with Gasteiger partial charge in [-0.15, -0.1) is 0 Å². The highest BCUT2D eigenvalue weighted by atomic mass is 35.5. The zero-order valence-electron chi connectivity index (χ0n) is 13.3. The lowest BCUT2D eigenvalue weighted by molar-refractivity contribution is -0.192. The second-order valence-electron chi connectivity index (χ2n) is 7.14. The lowest BCUT2D eigenvalue weighted by Crippen LogP contribution is -2.55. The number of cyclic esters (lactones) is 1. The Bertz CT molecular complexity index is 662. The highest BCUT2D eigenvalue weighted by molar-refractivity contribution is 6.31. The highest BCUT2D eigenvalue weighted by Crippen LogP contribution is 2.53. The quantitative estimate of drug-likeness (QED) is 0.554. The number of esters is 1. The van der Waals surface area contributed by atoms with Crippen LogP contribution in [0.25, 0.3) is 0 Å². The van der Waals surface area contributed by atoms with Crippen molar-refractivity contribution in [3.05, 3.63) is 34.6 Å². The molecule has 2 aliphatic rings. The first-order chi connectivity index (χ1) is 10.8.